The van der Waals surface area contributed by atoms with Crippen molar-refractivity contribution in [3.8, 4) is 0 Å². The average molecular weight is 619 g/mol. The number of rotatable bonds is 21. The Hall–Kier alpha value is -1.42. The molecule has 0 bridgehead atoms. The Kier molecular flexibility index (Phi) is 13.4. The molecule has 4 N–H and O–H groups in total. The number of carboxylic acids is 1. The van der Waals surface area contributed by atoms with Gasteiger partial charge in [-0.1, -0.05) is 71.6 Å². The molecule has 4 heterocycles. The number of ether oxygens (including phenoxy) is 7. The number of esters is 1. The summed E-state index contributed by atoms with van der Waals surface area (Å²) in [6, 6.07) is 0. The number of carbonyl (C=O) groups excluding carboxylic acids is 1. The maximum atomic E-state index is 13.1. The normalized spacial score (nSPS) is 35.8. The van der Waals surface area contributed by atoms with Crippen LogP contribution in [0.2, 0.25) is 0 Å². The summed E-state index contributed by atoms with van der Waals surface area (Å²) in [4.78, 5) is 24.5. The fourth-order valence-corrected chi connectivity index (χ4v) is 5.74. The van der Waals surface area contributed by atoms with Crippen LogP contribution in [-0.2, 0) is 42.7 Å². The molecule has 43 heavy (non-hydrogen) atoms. The van der Waals surface area contributed by atoms with Gasteiger partial charge in [-0.15, -0.1) is 0 Å². The van der Waals surface area contributed by atoms with E-state index in [1.165, 1.54) is 0 Å². The van der Waals surface area contributed by atoms with Gasteiger partial charge in [-0.05, 0) is 19.3 Å². The summed E-state index contributed by atoms with van der Waals surface area (Å²) in [6.45, 7) is 4.25. The van der Waals surface area contributed by atoms with E-state index in [2.05, 4.69) is 13.8 Å². The molecule has 4 saturated heterocycles. The molecule has 248 valence electrons. The first-order valence-corrected chi connectivity index (χ1v) is 16.1. The lowest BCUT2D eigenvalue weighted by molar-refractivity contribution is -0.329. The Balaban J connectivity index is 1.37. The van der Waals surface area contributed by atoms with Crippen molar-refractivity contribution in [2.24, 2.45) is 0 Å². The van der Waals surface area contributed by atoms with Crippen LogP contribution in [-0.4, -0.2) is 106 Å². The number of fused-ring (bicyclic) bond motifs is 2. The Bertz CT molecular complexity index is 873. The van der Waals surface area contributed by atoms with Crippen LogP contribution in [0.4, 0.5) is 0 Å². The van der Waals surface area contributed by atoms with Gasteiger partial charge in [-0.2, -0.15) is 0 Å². The fraction of sp³-hybridized carbons (Fsp3) is 0.933. The zero-order valence-electron chi connectivity index (χ0n) is 25.3. The first-order valence-electron chi connectivity index (χ1n) is 16.1. The minimum absolute atomic E-state index is 0.143. The summed E-state index contributed by atoms with van der Waals surface area (Å²) in [5, 5.41) is 41.0. The lowest BCUT2D eigenvalue weighted by atomic mass is 10.0. The molecule has 0 amide bonds. The summed E-state index contributed by atoms with van der Waals surface area (Å²) in [5.41, 5.74) is 0. The van der Waals surface area contributed by atoms with Gasteiger partial charge in [-0.25, -0.2) is 0 Å². The molecule has 4 aliphatic rings. The number of aliphatic hydroxyl groups excluding tert-OH is 3. The van der Waals surface area contributed by atoms with E-state index in [0.717, 1.165) is 64.2 Å². The first kappa shape index (κ1) is 34.5. The molecule has 4 rings (SSSR count). The molecule has 0 radical (unpaired) electrons. The van der Waals surface area contributed by atoms with E-state index in [9.17, 15) is 30.0 Å². The molecule has 4 aliphatic heterocycles. The van der Waals surface area contributed by atoms with Crippen LogP contribution in [0, 0.1) is 0 Å². The fourth-order valence-electron chi connectivity index (χ4n) is 5.74. The second kappa shape index (κ2) is 16.8. The van der Waals surface area contributed by atoms with Crippen LogP contribution in [0.25, 0.3) is 0 Å². The van der Waals surface area contributed by atoms with E-state index in [4.69, 9.17) is 33.2 Å². The van der Waals surface area contributed by atoms with E-state index in [1.54, 1.807) is 0 Å². The molecule has 4 fully saturated rings. The van der Waals surface area contributed by atoms with Crippen LogP contribution in [0.3, 0.4) is 0 Å². The summed E-state index contributed by atoms with van der Waals surface area (Å²) < 4.78 is 39.8. The molecule has 0 aromatic rings. The number of hydrogen-bond acceptors (Lipinski definition) is 12. The van der Waals surface area contributed by atoms with Crippen LogP contribution < -0.4 is 0 Å². The molecule has 0 aromatic heterocycles. The van der Waals surface area contributed by atoms with Gasteiger partial charge in [0.25, 0.3) is 0 Å². The Morgan fingerprint density at radius 3 is 1.84 bits per heavy atom. The number of epoxide rings is 2. The van der Waals surface area contributed by atoms with Crippen molar-refractivity contribution >= 4 is 11.9 Å². The van der Waals surface area contributed by atoms with Crippen LogP contribution in [0.15, 0.2) is 0 Å². The summed E-state index contributed by atoms with van der Waals surface area (Å²) in [5.74, 6) is -1.60. The van der Waals surface area contributed by atoms with Gasteiger partial charge in [0.1, 0.15) is 42.7 Å². The van der Waals surface area contributed by atoms with Gasteiger partial charge < -0.3 is 53.6 Å². The molecule has 0 spiro atoms. The molecular weight excluding hydrogens is 568 g/mol. The summed E-state index contributed by atoms with van der Waals surface area (Å²) in [7, 11) is 0. The van der Waals surface area contributed by atoms with Gasteiger partial charge in [-0.3, -0.25) is 9.59 Å². The van der Waals surface area contributed by atoms with Crippen molar-refractivity contribution in [3.05, 3.63) is 0 Å². The molecule has 13 heteroatoms. The van der Waals surface area contributed by atoms with E-state index in [1.807, 2.05) is 0 Å². The maximum absolute atomic E-state index is 13.1. The van der Waals surface area contributed by atoms with Crippen LogP contribution in [0.1, 0.15) is 104 Å². The van der Waals surface area contributed by atoms with Gasteiger partial charge in [0.2, 0.25) is 0 Å². The molecular formula is C30H50O13. The van der Waals surface area contributed by atoms with Crippen molar-refractivity contribution in [3.63, 3.8) is 0 Å². The maximum Gasteiger partial charge on any atom is 0.308 e. The Morgan fingerprint density at radius 1 is 0.674 bits per heavy atom. The SMILES string of the molecule is CCCCCCC[C@H](CC(=O)O)OC(=O)C[C@@H](CCCCCCC)OC1OC2O[C@@H]2C(O)[C@@H]1O[C@@H]1OC2OC2[C@H](O)C1O. The number of aliphatic hydroxyl groups is 3. The average Bonchev–Trinajstić information content (AvgIpc) is 3.88. The first-order chi connectivity index (χ1) is 20.7. The molecule has 6 unspecified atom stereocenters. The third kappa shape index (κ3) is 10.3. The molecule has 0 saturated carbocycles. The quantitative estimate of drug-likeness (QED) is 0.0836. The lowest BCUT2D eigenvalue weighted by Gasteiger charge is -2.38. The van der Waals surface area contributed by atoms with Gasteiger partial charge in [0, 0.05) is 0 Å². The highest BCUT2D eigenvalue weighted by atomic mass is 16.9. The minimum Gasteiger partial charge on any atom is -0.481 e. The third-order valence-corrected chi connectivity index (χ3v) is 8.38. The Labute approximate surface area is 253 Å². The Morgan fingerprint density at radius 2 is 1.23 bits per heavy atom. The largest absolute Gasteiger partial charge is 0.481 e. The van der Waals surface area contributed by atoms with Crippen molar-refractivity contribution in [2.75, 3.05) is 0 Å². The lowest BCUT2D eigenvalue weighted by Crippen LogP contribution is -2.57. The van der Waals surface area contributed by atoms with E-state index in [-0.39, 0.29) is 12.8 Å². The van der Waals surface area contributed by atoms with Gasteiger partial charge >= 0.3 is 11.9 Å². The highest BCUT2D eigenvalue weighted by molar-refractivity contribution is 5.72. The van der Waals surface area contributed by atoms with Crippen molar-refractivity contribution in [1.29, 1.82) is 0 Å². The highest BCUT2D eigenvalue weighted by Gasteiger charge is 2.61. The number of carboxylic acid groups (broad SMARTS) is 1. The van der Waals surface area contributed by atoms with Gasteiger partial charge in [0.15, 0.2) is 25.2 Å². The zero-order chi connectivity index (χ0) is 30.9. The van der Waals surface area contributed by atoms with E-state index < -0.39 is 85.9 Å². The predicted octanol–water partition coefficient (Wildman–Crippen LogP) is 2.50. The number of hydrogen-bond donors (Lipinski definition) is 4. The van der Waals surface area contributed by atoms with Crippen LogP contribution >= 0.6 is 0 Å². The highest BCUT2D eigenvalue weighted by Crippen LogP contribution is 2.41. The third-order valence-electron chi connectivity index (χ3n) is 8.38. The standard InChI is InChI=1S/C30H50O13/c1-3-5-7-9-11-13-17(15-19(31)32)37-20(33)16-18(14-12-10-8-6-4-2)38-28-25(23(36)26-30(41-26)43-28)39-27-22(35)21(34)24-29(40-24)42-27/h17-18,21-30,34-36H,3-16H2,1-2H3,(H,31,32)/t17-,18-,21-,22?,23?,24?,25+,26-,27-,28?,29?,30?/m1/s1. The topological polar surface area (TPSA) is 186 Å². The summed E-state index contributed by atoms with van der Waals surface area (Å²) >= 11 is 0. The zero-order valence-corrected chi connectivity index (χ0v) is 25.3. The molecule has 13 nitrogen and oxygen atoms in total. The summed E-state index contributed by atoms with van der Waals surface area (Å²) in [6.07, 6.45) is -1.11. The molecule has 0 aromatic carbocycles. The molecule has 12 atom stereocenters. The van der Waals surface area contributed by atoms with E-state index >= 15 is 0 Å². The monoisotopic (exact) mass is 618 g/mol. The van der Waals surface area contributed by atoms with Crippen molar-refractivity contribution < 1.29 is 63.2 Å². The van der Waals surface area contributed by atoms with Gasteiger partial charge in [0.05, 0.1) is 18.9 Å². The van der Waals surface area contributed by atoms with Crippen molar-refractivity contribution in [1.82, 2.24) is 0 Å². The van der Waals surface area contributed by atoms with Crippen LogP contribution in [0.5, 0.6) is 0 Å². The van der Waals surface area contributed by atoms with Crippen molar-refractivity contribution in [2.45, 2.75) is 178 Å². The number of carbonyl (C=O) groups is 2. The minimum atomic E-state index is -1.42. The second-order valence-electron chi connectivity index (χ2n) is 12.1. The second-order valence-corrected chi connectivity index (χ2v) is 12.1. The van der Waals surface area contributed by atoms with E-state index in [0.29, 0.717) is 12.8 Å². The molecule has 0 aliphatic carbocycles. The number of aliphatic carboxylic acids is 1. The number of unbranched alkanes of at least 4 members (excludes halogenated alkanes) is 8. The smallest absolute Gasteiger partial charge is 0.308 e. The predicted molar refractivity (Wildman–Crippen MR) is 148 cm³/mol.